The van der Waals surface area contributed by atoms with Gasteiger partial charge in [0.15, 0.2) is 0 Å². The monoisotopic (exact) mass is 485 g/mol. The van der Waals surface area contributed by atoms with E-state index in [1.165, 1.54) is 36.3 Å². The van der Waals surface area contributed by atoms with E-state index in [0.29, 0.717) is 17.9 Å². The molecule has 0 radical (unpaired) electrons. The first-order chi connectivity index (χ1) is 17.5. The van der Waals surface area contributed by atoms with E-state index < -0.39 is 23.7 Å². The number of carbonyl (C=O) groups excluding carboxylic acids is 3. The number of amides is 3. The average molecular weight is 486 g/mol. The summed E-state index contributed by atoms with van der Waals surface area (Å²) in [5.41, 5.74) is 2.63. The summed E-state index contributed by atoms with van der Waals surface area (Å²) < 4.78 is 18.7. The summed E-state index contributed by atoms with van der Waals surface area (Å²) in [7, 11) is 1.53. The summed E-state index contributed by atoms with van der Waals surface area (Å²) in [5, 5.41) is 1.03. The molecule has 7 nitrogen and oxygen atoms in total. The van der Waals surface area contributed by atoms with Crippen LogP contribution in [0.3, 0.4) is 0 Å². The highest BCUT2D eigenvalue weighted by molar-refractivity contribution is 6.23. The van der Waals surface area contributed by atoms with Crippen molar-refractivity contribution in [3.63, 3.8) is 0 Å². The predicted octanol–water partition coefficient (Wildman–Crippen LogP) is 4.33. The Morgan fingerprint density at radius 2 is 1.78 bits per heavy atom. The molecule has 1 aromatic heterocycles. The van der Waals surface area contributed by atoms with Gasteiger partial charge in [-0.25, -0.2) is 9.29 Å². The van der Waals surface area contributed by atoms with E-state index in [1.54, 1.807) is 24.3 Å². The minimum Gasteiger partial charge on any atom is -0.497 e. The van der Waals surface area contributed by atoms with Crippen LogP contribution in [0.25, 0.3) is 10.9 Å². The number of nitrogens with one attached hydrogen (secondary N) is 1. The molecule has 182 valence electrons. The lowest BCUT2D eigenvalue weighted by atomic mass is 10.1. The normalized spacial score (nSPS) is 15.5. The molecule has 1 atom stereocenters. The Morgan fingerprint density at radius 3 is 2.50 bits per heavy atom. The molecule has 3 aromatic carbocycles. The SMILES string of the molecule is COc1ccc(N2C(=O)CC(N(CCc3c[nH]c4ccccc34)C(=O)c3ccc(F)cc3)C2=O)cc1. The Bertz CT molecular complexity index is 1430. The van der Waals surface area contributed by atoms with Gasteiger partial charge >= 0.3 is 0 Å². The Morgan fingerprint density at radius 1 is 1.06 bits per heavy atom. The molecule has 4 aromatic rings. The molecular weight excluding hydrogens is 461 g/mol. The lowest BCUT2D eigenvalue weighted by Gasteiger charge is -2.28. The third-order valence-electron chi connectivity index (χ3n) is 6.48. The number of H-pyrrole nitrogens is 1. The van der Waals surface area contributed by atoms with Crippen molar-refractivity contribution < 1.29 is 23.5 Å². The van der Waals surface area contributed by atoms with Crippen LogP contribution in [-0.2, 0) is 16.0 Å². The van der Waals surface area contributed by atoms with Crippen LogP contribution in [-0.4, -0.2) is 47.3 Å². The summed E-state index contributed by atoms with van der Waals surface area (Å²) in [5.74, 6) is -1.16. The highest BCUT2D eigenvalue weighted by Crippen LogP contribution is 2.29. The van der Waals surface area contributed by atoms with Gasteiger partial charge in [-0.05, 0) is 66.6 Å². The number of fused-ring (bicyclic) bond motifs is 1. The third-order valence-corrected chi connectivity index (χ3v) is 6.48. The van der Waals surface area contributed by atoms with Gasteiger partial charge in [-0.3, -0.25) is 14.4 Å². The molecule has 1 aliphatic rings. The van der Waals surface area contributed by atoms with Gasteiger partial charge in [-0.1, -0.05) is 18.2 Å². The van der Waals surface area contributed by atoms with Gasteiger partial charge in [0, 0.05) is 29.2 Å². The summed E-state index contributed by atoms with van der Waals surface area (Å²) >= 11 is 0. The van der Waals surface area contributed by atoms with Crippen LogP contribution in [0, 0.1) is 5.82 Å². The zero-order chi connectivity index (χ0) is 25.2. The third kappa shape index (κ3) is 4.33. The molecule has 2 heterocycles. The summed E-state index contributed by atoms with van der Waals surface area (Å²) in [6.45, 7) is 0.207. The number of hydrogen-bond acceptors (Lipinski definition) is 4. The topological polar surface area (TPSA) is 82.7 Å². The average Bonchev–Trinajstić information content (AvgIpc) is 3.44. The molecule has 1 fully saturated rings. The molecule has 0 saturated carbocycles. The number of hydrogen-bond donors (Lipinski definition) is 1. The first kappa shape index (κ1) is 23.3. The molecule has 1 saturated heterocycles. The fourth-order valence-electron chi connectivity index (χ4n) is 4.60. The number of anilines is 1. The zero-order valence-electron chi connectivity index (χ0n) is 19.6. The van der Waals surface area contributed by atoms with Crippen molar-refractivity contribution in [2.45, 2.75) is 18.9 Å². The molecule has 36 heavy (non-hydrogen) atoms. The van der Waals surface area contributed by atoms with Crippen LogP contribution in [0.4, 0.5) is 10.1 Å². The summed E-state index contributed by atoms with van der Waals surface area (Å²) in [4.78, 5) is 45.7. The van der Waals surface area contributed by atoms with Crippen molar-refractivity contribution in [1.29, 1.82) is 0 Å². The number of halogens is 1. The minimum absolute atomic E-state index is 0.133. The molecule has 0 bridgehead atoms. The fraction of sp³-hybridized carbons (Fsp3) is 0.179. The molecule has 1 unspecified atom stereocenters. The number of nitrogens with zero attached hydrogens (tertiary/aromatic N) is 2. The van der Waals surface area contributed by atoms with Crippen molar-refractivity contribution in [1.82, 2.24) is 9.88 Å². The number of methoxy groups -OCH3 is 1. The van der Waals surface area contributed by atoms with E-state index in [2.05, 4.69) is 4.98 Å². The van der Waals surface area contributed by atoms with Crippen LogP contribution < -0.4 is 9.64 Å². The molecule has 0 spiro atoms. The maximum absolute atomic E-state index is 13.5. The van der Waals surface area contributed by atoms with Gasteiger partial charge in [0.05, 0.1) is 19.2 Å². The second-order valence-electron chi connectivity index (χ2n) is 8.60. The summed E-state index contributed by atoms with van der Waals surface area (Å²) in [6.07, 6.45) is 2.22. The highest BCUT2D eigenvalue weighted by Gasteiger charge is 2.44. The Balaban J connectivity index is 1.45. The largest absolute Gasteiger partial charge is 0.497 e. The molecule has 1 N–H and O–H groups in total. The van der Waals surface area contributed by atoms with Gasteiger partial charge < -0.3 is 14.6 Å². The maximum Gasteiger partial charge on any atom is 0.257 e. The number of aromatic nitrogens is 1. The van der Waals surface area contributed by atoms with Gasteiger partial charge in [0.25, 0.3) is 11.8 Å². The van der Waals surface area contributed by atoms with Crippen LogP contribution >= 0.6 is 0 Å². The van der Waals surface area contributed by atoms with E-state index in [4.69, 9.17) is 4.74 Å². The zero-order valence-corrected chi connectivity index (χ0v) is 19.6. The van der Waals surface area contributed by atoms with Gasteiger partial charge in [-0.2, -0.15) is 0 Å². The molecule has 5 rings (SSSR count). The van der Waals surface area contributed by atoms with E-state index >= 15 is 0 Å². The van der Waals surface area contributed by atoms with Crippen molar-refractivity contribution in [3.05, 3.63) is 95.9 Å². The number of rotatable bonds is 7. The Kier molecular flexibility index (Phi) is 6.25. The number of aromatic amines is 1. The predicted molar refractivity (Wildman–Crippen MR) is 133 cm³/mol. The van der Waals surface area contributed by atoms with Gasteiger partial charge in [-0.15, -0.1) is 0 Å². The second kappa shape index (κ2) is 9.65. The van der Waals surface area contributed by atoms with Gasteiger partial charge in [0.1, 0.15) is 17.6 Å². The molecule has 0 aliphatic carbocycles. The van der Waals surface area contributed by atoms with E-state index in [9.17, 15) is 18.8 Å². The van der Waals surface area contributed by atoms with E-state index in [1.807, 2.05) is 30.5 Å². The minimum atomic E-state index is -0.970. The number of benzene rings is 3. The Hall–Kier alpha value is -4.46. The molecular formula is C28H24FN3O4. The molecule has 1 aliphatic heterocycles. The quantitative estimate of drug-likeness (QED) is 0.395. The smallest absolute Gasteiger partial charge is 0.257 e. The Labute approximate surface area is 207 Å². The number of ether oxygens (including phenoxy) is 1. The fourth-order valence-corrected chi connectivity index (χ4v) is 4.60. The van der Waals surface area contributed by atoms with E-state index in [-0.39, 0.29) is 24.4 Å². The lowest BCUT2D eigenvalue weighted by molar-refractivity contribution is -0.122. The maximum atomic E-state index is 13.5. The highest BCUT2D eigenvalue weighted by atomic mass is 19.1. The molecule has 8 heteroatoms. The summed E-state index contributed by atoms with van der Waals surface area (Å²) in [6, 6.07) is 18.6. The van der Waals surface area contributed by atoms with Crippen molar-refractivity contribution in [2.24, 2.45) is 0 Å². The number of para-hydroxylation sites is 1. The second-order valence-corrected chi connectivity index (χ2v) is 8.60. The van der Waals surface area contributed by atoms with Crippen molar-refractivity contribution >= 4 is 34.3 Å². The number of imide groups is 1. The van der Waals surface area contributed by atoms with Crippen LogP contribution in [0.5, 0.6) is 5.75 Å². The first-order valence-corrected chi connectivity index (χ1v) is 11.6. The van der Waals surface area contributed by atoms with Crippen molar-refractivity contribution in [3.8, 4) is 5.75 Å². The first-order valence-electron chi connectivity index (χ1n) is 11.6. The van der Waals surface area contributed by atoms with Crippen LogP contribution in [0.2, 0.25) is 0 Å². The van der Waals surface area contributed by atoms with Crippen LogP contribution in [0.15, 0.2) is 79.0 Å². The molecule has 3 amide bonds. The standard InChI is InChI=1S/C28H24FN3O4/c1-36-22-12-10-21(11-13-22)32-26(33)16-25(28(32)35)31(27(34)18-6-8-20(29)9-7-18)15-14-19-17-30-24-5-3-2-4-23(19)24/h2-13,17,25,30H,14-16H2,1H3. The van der Waals surface area contributed by atoms with Crippen LogP contribution in [0.1, 0.15) is 22.3 Å². The van der Waals surface area contributed by atoms with Gasteiger partial charge in [0.2, 0.25) is 5.91 Å². The number of carbonyl (C=O) groups is 3. The van der Waals surface area contributed by atoms with Crippen molar-refractivity contribution in [2.75, 3.05) is 18.6 Å². The lowest BCUT2D eigenvalue weighted by Crippen LogP contribution is -2.46. The van der Waals surface area contributed by atoms with E-state index in [0.717, 1.165) is 21.4 Å².